The molecule has 2 amide bonds. The summed E-state index contributed by atoms with van der Waals surface area (Å²) in [4.78, 5) is 33.2. The third-order valence-corrected chi connectivity index (χ3v) is 2.97. The highest BCUT2D eigenvalue weighted by Gasteiger charge is 2.29. The topological polar surface area (TPSA) is 109 Å². The number of carboxylic acid groups (broad SMARTS) is 1. The van der Waals surface area contributed by atoms with Crippen LogP contribution in [0.25, 0.3) is 0 Å². The molecule has 1 fully saturated rings. The standard InChI is InChI=1S/C11H18N2O4/c12-9(14)6-8(11(16)17)10(15)13-7-4-2-1-3-5-7/h7-8H,1-6H2,(H2,12,14)(H,13,15)(H,16,17). The van der Waals surface area contributed by atoms with Crippen molar-refractivity contribution in [2.24, 2.45) is 11.7 Å². The number of nitrogens with one attached hydrogen (secondary N) is 1. The van der Waals surface area contributed by atoms with Gasteiger partial charge in [-0.2, -0.15) is 0 Å². The summed E-state index contributed by atoms with van der Waals surface area (Å²) >= 11 is 0. The van der Waals surface area contributed by atoms with Gasteiger partial charge in [-0.1, -0.05) is 19.3 Å². The van der Waals surface area contributed by atoms with Crippen LogP contribution in [0.5, 0.6) is 0 Å². The van der Waals surface area contributed by atoms with Crippen LogP contribution in [0, 0.1) is 5.92 Å². The molecule has 4 N–H and O–H groups in total. The van der Waals surface area contributed by atoms with Gasteiger partial charge < -0.3 is 16.2 Å². The van der Waals surface area contributed by atoms with Crippen LogP contribution in [0.15, 0.2) is 0 Å². The van der Waals surface area contributed by atoms with Gasteiger partial charge in [0.05, 0.1) is 0 Å². The summed E-state index contributed by atoms with van der Waals surface area (Å²) in [6.45, 7) is 0. The smallest absolute Gasteiger partial charge is 0.316 e. The molecule has 0 aromatic rings. The Labute approximate surface area is 99.6 Å². The number of carbonyl (C=O) groups excluding carboxylic acids is 2. The van der Waals surface area contributed by atoms with Gasteiger partial charge in [-0.15, -0.1) is 0 Å². The molecule has 1 atom stereocenters. The summed E-state index contributed by atoms with van der Waals surface area (Å²) in [6, 6.07) is 0.0333. The Balaban J connectivity index is 2.52. The van der Waals surface area contributed by atoms with Crippen LogP contribution >= 0.6 is 0 Å². The van der Waals surface area contributed by atoms with Gasteiger partial charge in [0.15, 0.2) is 0 Å². The summed E-state index contributed by atoms with van der Waals surface area (Å²) in [7, 11) is 0. The highest BCUT2D eigenvalue weighted by Crippen LogP contribution is 2.18. The van der Waals surface area contributed by atoms with E-state index in [4.69, 9.17) is 10.8 Å². The zero-order valence-corrected chi connectivity index (χ0v) is 9.65. The van der Waals surface area contributed by atoms with Crippen LogP contribution in [0.1, 0.15) is 38.5 Å². The Morgan fingerprint density at radius 2 is 1.82 bits per heavy atom. The van der Waals surface area contributed by atoms with Crippen molar-refractivity contribution < 1.29 is 19.5 Å². The van der Waals surface area contributed by atoms with Crippen molar-refractivity contribution in [1.82, 2.24) is 5.32 Å². The molecular weight excluding hydrogens is 224 g/mol. The van der Waals surface area contributed by atoms with E-state index in [9.17, 15) is 14.4 Å². The Bertz CT molecular complexity index is 311. The van der Waals surface area contributed by atoms with Crippen LogP contribution < -0.4 is 11.1 Å². The number of carboxylic acids is 1. The Morgan fingerprint density at radius 3 is 2.29 bits per heavy atom. The maximum Gasteiger partial charge on any atom is 0.316 e. The Kier molecular flexibility index (Phi) is 4.93. The third kappa shape index (κ3) is 4.42. The monoisotopic (exact) mass is 242 g/mol. The van der Waals surface area contributed by atoms with E-state index in [0.717, 1.165) is 32.1 Å². The second-order valence-electron chi connectivity index (χ2n) is 4.40. The van der Waals surface area contributed by atoms with Crippen molar-refractivity contribution >= 4 is 17.8 Å². The average Bonchev–Trinajstić information content (AvgIpc) is 2.26. The highest BCUT2D eigenvalue weighted by molar-refractivity contribution is 6.00. The lowest BCUT2D eigenvalue weighted by molar-refractivity contribution is -0.149. The van der Waals surface area contributed by atoms with Gasteiger partial charge in [-0.05, 0) is 12.8 Å². The van der Waals surface area contributed by atoms with E-state index in [1.165, 1.54) is 0 Å². The summed E-state index contributed by atoms with van der Waals surface area (Å²) < 4.78 is 0. The number of hydrogen-bond acceptors (Lipinski definition) is 3. The summed E-state index contributed by atoms with van der Waals surface area (Å²) in [5.74, 6) is -4.06. The molecule has 0 radical (unpaired) electrons. The molecule has 0 spiro atoms. The normalized spacial score (nSPS) is 18.4. The predicted octanol–water partition coefficient (Wildman–Crippen LogP) is 0.0115. The molecule has 1 aliphatic rings. The molecular formula is C11H18N2O4. The largest absolute Gasteiger partial charge is 0.481 e. The van der Waals surface area contributed by atoms with Crippen molar-refractivity contribution in [1.29, 1.82) is 0 Å². The van der Waals surface area contributed by atoms with E-state index in [2.05, 4.69) is 5.32 Å². The molecule has 6 nitrogen and oxygen atoms in total. The molecule has 6 heteroatoms. The average molecular weight is 242 g/mol. The van der Waals surface area contributed by atoms with E-state index >= 15 is 0 Å². The van der Waals surface area contributed by atoms with E-state index in [1.54, 1.807) is 0 Å². The number of primary amides is 1. The van der Waals surface area contributed by atoms with Crippen molar-refractivity contribution in [3.05, 3.63) is 0 Å². The van der Waals surface area contributed by atoms with Crippen LogP contribution in [-0.4, -0.2) is 28.9 Å². The number of carbonyl (C=O) groups is 3. The molecule has 96 valence electrons. The van der Waals surface area contributed by atoms with Crippen LogP contribution in [0.2, 0.25) is 0 Å². The van der Waals surface area contributed by atoms with Gasteiger partial charge in [0, 0.05) is 12.5 Å². The van der Waals surface area contributed by atoms with Crippen molar-refractivity contribution in [2.45, 2.75) is 44.6 Å². The first kappa shape index (κ1) is 13.5. The predicted molar refractivity (Wildman–Crippen MR) is 60.0 cm³/mol. The minimum Gasteiger partial charge on any atom is -0.481 e. The van der Waals surface area contributed by atoms with Gasteiger partial charge >= 0.3 is 5.97 Å². The maximum absolute atomic E-state index is 11.7. The summed E-state index contributed by atoms with van der Waals surface area (Å²) in [6.07, 6.45) is 4.52. The zero-order valence-electron chi connectivity index (χ0n) is 9.65. The quantitative estimate of drug-likeness (QED) is 0.590. The fraction of sp³-hybridized carbons (Fsp3) is 0.727. The lowest BCUT2D eigenvalue weighted by Crippen LogP contribution is -2.43. The molecule has 0 aromatic carbocycles. The fourth-order valence-corrected chi connectivity index (χ4v) is 2.04. The van der Waals surface area contributed by atoms with Crippen molar-refractivity contribution in [3.63, 3.8) is 0 Å². The minimum absolute atomic E-state index is 0.0333. The van der Waals surface area contributed by atoms with Crippen molar-refractivity contribution in [3.8, 4) is 0 Å². The first-order valence-electron chi connectivity index (χ1n) is 5.82. The molecule has 1 saturated carbocycles. The van der Waals surface area contributed by atoms with E-state index in [0.29, 0.717) is 0 Å². The van der Waals surface area contributed by atoms with Gasteiger partial charge in [-0.25, -0.2) is 0 Å². The number of amides is 2. The summed E-state index contributed by atoms with van der Waals surface area (Å²) in [5.41, 5.74) is 4.92. The third-order valence-electron chi connectivity index (χ3n) is 2.97. The Morgan fingerprint density at radius 1 is 1.24 bits per heavy atom. The second-order valence-corrected chi connectivity index (χ2v) is 4.40. The summed E-state index contributed by atoms with van der Waals surface area (Å²) in [5, 5.41) is 11.5. The first-order valence-corrected chi connectivity index (χ1v) is 5.82. The molecule has 1 unspecified atom stereocenters. The molecule has 1 rings (SSSR count). The van der Waals surface area contributed by atoms with Crippen LogP contribution in [0.4, 0.5) is 0 Å². The van der Waals surface area contributed by atoms with Gasteiger partial charge in [0.1, 0.15) is 5.92 Å². The number of nitrogens with two attached hydrogens (primary N) is 1. The SMILES string of the molecule is NC(=O)CC(C(=O)O)C(=O)NC1CCCCC1. The molecule has 0 aliphatic heterocycles. The van der Waals surface area contributed by atoms with E-state index < -0.39 is 30.1 Å². The number of hydrogen-bond donors (Lipinski definition) is 3. The fourth-order valence-electron chi connectivity index (χ4n) is 2.04. The van der Waals surface area contributed by atoms with Crippen molar-refractivity contribution in [2.75, 3.05) is 0 Å². The lowest BCUT2D eigenvalue weighted by Gasteiger charge is -2.24. The Hall–Kier alpha value is -1.59. The maximum atomic E-state index is 11.7. The van der Waals surface area contributed by atoms with Gasteiger partial charge in [0.2, 0.25) is 11.8 Å². The molecule has 0 aromatic heterocycles. The molecule has 17 heavy (non-hydrogen) atoms. The lowest BCUT2D eigenvalue weighted by atomic mass is 9.94. The highest BCUT2D eigenvalue weighted by atomic mass is 16.4. The van der Waals surface area contributed by atoms with E-state index in [-0.39, 0.29) is 6.04 Å². The zero-order chi connectivity index (χ0) is 12.8. The minimum atomic E-state index is -1.37. The van der Waals surface area contributed by atoms with Gasteiger partial charge in [0.25, 0.3) is 0 Å². The number of rotatable bonds is 5. The molecule has 0 heterocycles. The number of aliphatic carboxylic acids is 1. The van der Waals surface area contributed by atoms with Crippen LogP contribution in [0.3, 0.4) is 0 Å². The molecule has 0 bridgehead atoms. The first-order chi connectivity index (χ1) is 8.00. The molecule has 1 aliphatic carbocycles. The van der Waals surface area contributed by atoms with Gasteiger partial charge in [-0.3, -0.25) is 14.4 Å². The van der Waals surface area contributed by atoms with E-state index in [1.807, 2.05) is 0 Å². The van der Waals surface area contributed by atoms with Crippen LogP contribution in [-0.2, 0) is 14.4 Å². The second kappa shape index (κ2) is 6.22. The molecule has 0 saturated heterocycles.